The maximum absolute atomic E-state index is 6.35. The Morgan fingerprint density at radius 1 is 1.40 bits per heavy atom. The van der Waals surface area contributed by atoms with Crippen LogP contribution in [-0.4, -0.2) is 18.6 Å². The van der Waals surface area contributed by atoms with E-state index in [2.05, 4.69) is 42.2 Å². The first-order valence-corrected chi connectivity index (χ1v) is 7.97. The van der Waals surface area contributed by atoms with Crippen LogP contribution in [0.1, 0.15) is 23.1 Å². The third-order valence-electron chi connectivity index (χ3n) is 3.28. The number of aromatic nitrogens is 1. The molecule has 108 valence electrons. The van der Waals surface area contributed by atoms with E-state index in [9.17, 15) is 0 Å². The number of nitrogens with zero attached hydrogens (tertiary/aromatic N) is 2. The van der Waals surface area contributed by atoms with Gasteiger partial charge in [0, 0.05) is 34.7 Å². The molecule has 1 heterocycles. The topological polar surface area (TPSA) is 28.2 Å². The number of benzene rings is 1. The number of nitrogens with one attached hydrogen (secondary N) is 1. The number of rotatable bonds is 6. The Hall–Kier alpha value is -1.10. The molecule has 3 nitrogen and oxygen atoms in total. The van der Waals surface area contributed by atoms with Crippen molar-refractivity contribution in [2.24, 2.45) is 0 Å². The lowest BCUT2D eigenvalue weighted by Gasteiger charge is -2.23. The molecule has 0 atom stereocenters. The van der Waals surface area contributed by atoms with Crippen LogP contribution < -0.4 is 10.2 Å². The van der Waals surface area contributed by atoms with Crippen molar-refractivity contribution in [1.82, 2.24) is 10.3 Å². The minimum atomic E-state index is 0.789. The quantitative estimate of drug-likeness (QED) is 0.878. The summed E-state index contributed by atoms with van der Waals surface area (Å²) in [6.07, 6.45) is 0. The first-order valence-electron chi connectivity index (χ1n) is 6.71. The molecule has 1 aromatic heterocycles. The van der Waals surface area contributed by atoms with E-state index in [1.807, 2.05) is 17.6 Å². The zero-order chi connectivity index (χ0) is 14.5. The van der Waals surface area contributed by atoms with Gasteiger partial charge in [-0.05, 0) is 25.6 Å². The van der Waals surface area contributed by atoms with Crippen molar-refractivity contribution in [2.75, 3.05) is 18.5 Å². The molecular formula is C15H20ClN3S. The second-order valence-electron chi connectivity index (χ2n) is 4.73. The van der Waals surface area contributed by atoms with E-state index in [-0.39, 0.29) is 0 Å². The molecule has 0 amide bonds. The van der Waals surface area contributed by atoms with Gasteiger partial charge in [-0.1, -0.05) is 24.6 Å². The van der Waals surface area contributed by atoms with Crippen LogP contribution in [0.2, 0.25) is 5.02 Å². The van der Waals surface area contributed by atoms with Crippen molar-refractivity contribution >= 4 is 28.6 Å². The number of anilines is 1. The monoisotopic (exact) mass is 309 g/mol. The van der Waals surface area contributed by atoms with Crippen molar-refractivity contribution in [3.05, 3.63) is 44.9 Å². The third kappa shape index (κ3) is 3.51. The van der Waals surface area contributed by atoms with Gasteiger partial charge in [-0.15, -0.1) is 11.3 Å². The second-order valence-corrected chi connectivity index (χ2v) is 6.08. The summed E-state index contributed by atoms with van der Waals surface area (Å²) >= 11 is 8.05. The van der Waals surface area contributed by atoms with Gasteiger partial charge in [0.1, 0.15) is 0 Å². The van der Waals surface area contributed by atoms with Crippen LogP contribution in [-0.2, 0) is 13.1 Å². The van der Waals surface area contributed by atoms with Gasteiger partial charge in [0.2, 0.25) is 0 Å². The van der Waals surface area contributed by atoms with Crippen LogP contribution in [0.15, 0.2) is 23.7 Å². The Kier molecular flexibility index (Phi) is 5.40. The van der Waals surface area contributed by atoms with Crippen LogP contribution >= 0.6 is 22.9 Å². The molecule has 0 aliphatic carbocycles. The summed E-state index contributed by atoms with van der Waals surface area (Å²) in [6.45, 7) is 6.73. The fraction of sp³-hybridized carbons (Fsp3) is 0.400. The van der Waals surface area contributed by atoms with Crippen molar-refractivity contribution < 1.29 is 0 Å². The molecule has 0 unspecified atom stereocenters. The van der Waals surface area contributed by atoms with Gasteiger partial charge in [0.05, 0.1) is 17.7 Å². The average Bonchev–Trinajstić information content (AvgIpc) is 2.82. The number of halogens is 1. The normalized spacial score (nSPS) is 10.8. The summed E-state index contributed by atoms with van der Waals surface area (Å²) in [7, 11) is 2.10. The number of hydrogen-bond acceptors (Lipinski definition) is 4. The smallest absolute Gasteiger partial charge is 0.0798 e. The van der Waals surface area contributed by atoms with Crippen molar-refractivity contribution in [2.45, 2.75) is 26.9 Å². The Morgan fingerprint density at radius 3 is 2.85 bits per heavy atom. The predicted molar refractivity (Wildman–Crippen MR) is 87.8 cm³/mol. The van der Waals surface area contributed by atoms with Crippen LogP contribution in [0.5, 0.6) is 0 Å². The number of aryl methyl sites for hydroxylation is 1. The molecule has 0 saturated heterocycles. The van der Waals surface area contributed by atoms with Gasteiger partial charge >= 0.3 is 0 Å². The summed E-state index contributed by atoms with van der Waals surface area (Å²) in [5.74, 6) is 0. The molecule has 0 aliphatic heterocycles. The highest BCUT2D eigenvalue weighted by Crippen LogP contribution is 2.28. The lowest BCUT2D eigenvalue weighted by Crippen LogP contribution is -2.21. The van der Waals surface area contributed by atoms with Crippen molar-refractivity contribution in [1.29, 1.82) is 0 Å². The molecule has 2 aromatic rings. The van der Waals surface area contributed by atoms with E-state index < -0.39 is 0 Å². The van der Waals surface area contributed by atoms with Crippen LogP contribution in [0.4, 0.5) is 5.69 Å². The molecule has 1 aromatic carbocycles. The minimum absolute atomic E-state index is 0.789. The third-order valence-corrected chi connectivity index (χ3v) is 4.56. The molecule has 1 N–H and O–H groups in total. The standard InChI is InChI=1S/C15H20ClN3S/c1-4-17-8-12-13(16)6-5-7-14(12)19(3)9-15-11(2)18-10-20-15/h5-7,10,17H,4,8-9H2,1-3H3. The second kappa shape index (κ2) is 7.07. The van der Waals surface area contributed by atoms with Crippen molar-refractivity contribution in [3.8, 4) is 0 Å². The molecule has 0 fully saturated rings. The van der Waals surface area contributed by atoms with E-state index in [1.165, 1.54) is 10.6 Å². The lowest BCUT2D eigenvalue weighted by molar-refractivity contribution is 0.723. The zero-order valence-corrected chi connectivity index (χ0v) is 13.7. The van der Waals surface area contributed by atoms with Gasteiger partial charge in [-0.3, -0.25) is 0 Å². The van der Waals surface area contributed by atoms with E-state index in [4.69, 9.17) is 11.6 Å². The predicted octanol–water partition coefficient (Wildman–Crippen LogP) is 3.85. The van der Waals surface area contributed by atoms with Gasteiger partial charge in [-0.2, -0.15) is 0 Å². The summed E-state index contributed by atoms with van der Waals surface area (Å²) in [4.78, 5) is 7.83. The Labute approximate surface area is 129 Å². The largest absolute Gasteiger partial charge is 0.369 e. The Morgan fingerprint density at radius 2 is 2.20 bits per heavy atom. The van der Waals surface area contributed by atoms with Gasteiger partial charge in [-0.25, -0.2) is 4.98 Å². The van der Waals surface area contributed by atoms with E-state index in [1.54, 1.807) is 11.3 Å². The average molecular weight is 310 g/mol. The lowest BCUT2D eigenvalue weighted by atomic mass is 10.1. The highest BCUT2D eigenvalue weighted by molar-refractivity contribution is 7.09. The summed E-state index contributed by atoms with van der Waals surface area (Å²) in [5, 5.41) is 4.17. The molecule has 0 spiro atoms. The fourth-order valence-electron chi connectivity index (χ4n) is 2.11. The maximum Gasteiger partial charge on any atom is 0.0798 e. The van der Waals surface area contributed by atoms with E-state index >= 15 is 0 Å². The molecular weight excluding hydrogens is 290 g/mol. The fourth-order valence-corrected chi connectivity index (χ4v) is 3.17. The van der Waals surface area contributed by atoms with Gasteiger partial charge in [0.15, 0.2) is 0 Å². The first-order chi connectivity index (χ1) is 9.63. The molecule has 5 heteroatoms. The van der Waals surface area contributed by atoms with Crippen LogP contribution in [0.3, 0.4) is 0 Å². The summed E-state index contributed by atoms with van der Waals surface area (Å²) in [5.41, 5.74) is 5.33. The maximum atomic E-state index is 6.35. The SMILES string of the molecule is CCNCc1c(Cl)cccc1N(C)Cc1scnc1C. The summed E-state index contributed by atoms with van der Waals surface area (Å²) < 4.78 is 0. The minimum Gasteiger partial charge on any atom is -0.369 e. The van der Waals surface area contributed by atoms with Crippen LogP contribution in [0.25, 0.3) is 0 Å². The van der Waals surface area contributed by atoms with Crippen LogP contribution in [0, 0.1) is 6.92 Å². The Balaban J connectivity index is 2.22. The number of thiazole rings is 1. The van der Waals surface area contributed by atoms with Crippen molar-refractivity contribution in [3.63, 3.8) is 0 Å². The molecule has 0 saturated carbocycles. The Bertz CT molecular complexity index is 568. The molecule has 0 radical (unpaired) electrons. The van der Waals surface area contributed by atoms with Gasteiger partial charge < -0.3 is 10.2 Å². The molecule has 20 heavy (non-hydrogen) atoms. The number of hydrogen-bond donors (Lipinski definition) is 1. The first kappa shape index (κ1) is 15.3. The van der Waals surface area contributed by atoms with Gasteiger partial charge in [0.25, 0.3) is 0 Å². The van der Waals surface area contributed by atoms with E-state index in [0.29, 0.717) is 0 Å². The molecule has 2 rings (SSSR count). The summed E-state index contributed by atoms with van der Waals surface area (Å²) in [6, 6.07) is 6.07. The van der Waals surface area contributed by atoms with E-state index in [0.717, 1.165) is 35.9 Å². The highest BCUT2D eigenvalue weighted by atomic mass is 35.5. The highest BCUT2D eigenvalue weighted by Gasteiger charge is 2.12. The zero-order valence-electron chi connectivity index (χ0n) is 12.1. The molecule has 0 bridgehead atoms. The molecule has 0 aliphatic rings.